The highest BCUT2D eigenvalue weighted by Gasteiger charge is 2.14. The average Bonchev–Trinajstić information content (AvgIpc) is 2.15. The lowest BCUT2D eigenvalue weighted by Gasteiger charge is -2.06. The minimum atomic E-state index is -0.367. The molecule has 0 aliphatic heterocycles. The Morgan fingerprint density at radius 3 is 2.73 bits per heavy atom. The molecule has 0 saturated heterocycles. The van der Waals surface area contributed by atoms with Crippen molar-refractivity contribution in [3.8, 4) is 0 Å². The average molecular weight is 290 g/mol. The highest BCUT2D eigenvalue weighted by Crippen LogP contribution is 2.31. The van der Waals surface area contributed by atoms with E-state index in [2.05, 4.69) is 29.8 Å². The first-order valence-corrected chi connectivity index (χ1v) is 6.40. The van der Waals surface area contributed by atoms with Gasteiger partial charge in [-0.15, -0.1) is 0 Å². The molecule has 0 heterocycles. The molecule has 0 N–H and O–H groups in total. The number of halogens is 1. The molecule has 0 amide bonds. The van der Waals surface area contributed by atoms with Crippen LogP contribution in [-0.2, 0) is 5.75 Å². The Morgan fingerprint density at radius 1 is 1.53 bits per heavy atom. The fraction of sp³-hybridized carbons (Fsp3) is 0.400. The van der Waals surface area contributed by atoms with Gasteiger partial charge in [-0.2, -0.15) is 11.8 Å². The normalized spacial score (nSPS) is 10.7. The number of nitro benzene ring substituents is 1. The molecule has 15 heavy (non-hydrogen) atoms. The molecule has 1 aromatic rings. The van der Waals surface area contributed by atoms with Crippen molar-refractivity contribution < 1.29 is 4.92 Å². The highest BCUT2D eigenvalue weighted by molar-refractivity contribution is 9.10. The number of hydrogen-bond donors (Lipinski definition) is 0. The zero-order chi connectivity index (χ0) is 11.4. The van der Waals surface area contributed by atoms with E-state index in [1.807, 2.05) is 6.07 Å². The maximum atomic E-state index is 10.7. The molecule has 0 spiro atoms. The SMILES string of the molecule is CC(C)SCc1cccc([N+](=O)[O-])c1Br. The first-order chi connectivity index (χ1) is 7.02. The lowest BCUT2D eigenvalue weighted by atomic mass is 10.2. The van der Waals surface area contributed by atoms with Gasteiger partial charge in [0.1, 0.15) is 0 Å². The molecule has 0 saturated carbocycles. The van der Waals surface area contributed by atoms with Gasteiger partial charge in [0, 0.05) is 11.8 Å². The summed E-state index contributed by atoms with van der Waals surface area (Å²) in [6.07, 6.45) is 0. The maximum Gasteiger partial charge on any atom is 0.283 e. The van der Waals surface area contributed by atoms with Crippen LogP contribution in [0.15, 0.2) is 22.7 Å². The van der Waals surface area contributed by atoms with E-state index in [9.17, 15) is 10.1 Å². The van der Waals surface area contributed by atoms with Crippen molar-refractivity contribution in [3.05, 3.63) is 38.3 Å². The molecule has 0 bridgehead atoms. The smallest absolute Gasteiger partial charge is 0.258 e. The van der Waals surface area contributed by atoms with Gasteiger partial charge in [-0.05, 0) is 26.7 Å². The molecule has 0 aliphatic carbocycles. The van der Waals surface area contributed by atoms with E-state index in [4.69, 9.17) is 0 Å². The molecule has 0 radical (unpaired) electrons. The third-order valence-corrected chi connectivity index (χ3v) is 3.89. The van der Waals surface area contributed by atoms with Gasteiger partial charge in [-0.25, -0.2) is 0 Å². The Hall–Kier alpha value is -0.550. The van der Waals surface area contributed by atoms with Gasteiger partial charge in [0.25, 0.3) is 5.69 Å². The maximum absolute atomic E-state index is 10.7. The van der Waals surface area contributed by atoms with Crippen molar-refractivity contribution in [2.45, 2.75) is 24.9 Å². The summed E-state index contributed by atoms with van der Waals surface area (Å²) < 4.78 is 0.600. The summed E-state index contributed by atoms with van der Waals surface area (Å²) in [5, 5.41) is 11.2. The van der Waals surface area contributed by atoms with Crippen LogP contribution in [0.4, 0.5) is 5.69 Å². The Labute approximate surface area is 102 Å². The topological polar surface area (TPSA) is 43.1 Å². The van der Waals surface area contributed by atoms with E-state index in [0.717, 1.165) is 11.3 Å². The van der Waals surface area contributed by atoms with Crippen molar-refractivity contribution in [2.75, 3.05) is 0 Å². The molecule has 5 heteroatoms. The zero-order valence-corrected chi connectivity index (χ0v) is 11.0. The monoisotopic (exact) mass is 289 g/mol. The van der Waals surface area contributed by atoms with Crippen molar-refractivity contribution in [1.82, 2.24) is 0 Å². The van der Waals surface area contributed by atoms with E-state index in [0.29, 0.717) is 9.72 Å². The van der Waals surface area contributed by atoms with Crippen molar-refractivity contribution >= 4 is 33.4 Å². The largest absolute Gasteiger partial charge is 0.283 e. The summed E-state index contributed by atoms with van der Waals surface area (Å²) in [5.74, 6) is 0.792. The van der Waals surface area contributed by atoms with Crippen LogP contribution in [-0.4, -0.2) is 10.2 Å². The molecule has 0 aliphatic rings. The number of nitro groups is 1. The molecule has 0 fully saturated rings. The fourth-order valence-corrected chi connectivity index (χ4v) is 2.56. The predicted octanol–water partition coefficient (Wildman–Crippen LogP) is 4.00. The molecule has 0 unspecified atom stereocenters. The summed E-state index contributed by atoms with van der Waals surface area (Å²) in [6, 6.07) is 5.14. The molecule has 1 aromatic carbocycles. The Morgan fingerprint density at radius 2 is 2.20 bits per heavy atom. The first kappa shape index (κ1) is 12.5. The van der Waals surface area contributed by atoms with Gasteiger partial charge >= 0.3 is 0 Å². The van der Waals surface area contributed by atoms with Crippen LogP contribution in [0.1, 0.15) is 19.4 Å². The molecule has 82 valence electrons. The van der Waals surface area contributed by atoms with E-state index in [1.165, 1.54) is 6.07 Å². The van der Waals surface area contributed by atoms with Crippen molar-refractivity contribution in [1.29, 1.82) is 0 Å². The zero-order valence-electron chi connectivity index (χ0n) is 8.57. The number of thioether (sulfide) groups is 1. The number of nitrogens with zero attached hydrogens (tertiary/aromatic N) is 1. The lowest BCUT2D eigenvalue weighted by Crippen LogP contribution is -1.94. The summed E-state index contributed by atoms with van der Waals surface area (Å²) in [6.45, 7) is 4.21. The minimum Gasteiger partial charge on any atom is -0.258 e. The van der Waals surface area contributed by atoms with E-state index >= 15 is 0 Å². The quantitative estimate of drug-likeness (QED) is 0.622. The number of benzene rings is 1. The second kappa shape index (κ2) is 5.51. The van der Waals surface area contributed by atoms with Gasteiger partial charge < -0.3 is 0 Å². The van der Waals surface area contributed by atoms with Crippen molar-refractivity contribution in [2.24, 2.45) is 0 Å². The van der Waals surface area contributed by atoms with Crippen LogP contribution in [0.5, 0.6) is 0 Å². The third kappa shape index (κ3) is 3.50. The minimum absolute atomic E-state index is 0.136. The molecular weight excluding hydrogens is 278 g/mol. The van der Waals surface area contributed by atoms with E-state index in [1.54, 1.807) is 17.8 Å². The van der Waals surface area contributed by atoms with Crippen LogP contribution in [0.25, 0.3) is 0 Å². The number of rotatable bonds is 4. The van der Waals surface area contributed by atoms with Crippen LogP contribution in [0.2, 0.25) is 0 Å². The van der Waals surface area contributed by atoms with Crippen LogP contribution >= 0.6 is 27.7 Å². The van der Waals surface area contributed by atoms with E-state index in [-0.39, 0.29) is 10.6 Å². The second-order valence-corrected chi connectivity index (χ2v) is 5.72. The van der Waals surface area contributed by atoms with Gasteiger partial charge in [0.2, 0.25) is 0 Å². The summed E-state index contributed by atoms with van der Waals surface area (Å²) in [5.41, 5.74) is 1.11. The molecule has 0 aromatic heterocycles. The predicted molar refractivity (Wildman–Crippen MR) is 67.2 cm³/mol. The molecule has 0 atom stereocenters. The third-order valence-electron chi connectivity index (χ3n) is 1.83. The first-order valence-electron chi connectivity index (χ1n) is 4.55. The highest BCUT2D eigenvalue weighted by atomic mass is 79.9. The van der Waals surface area contributed by atoms with Crippen LogP contribution < -0.4 is 0 Å². The second-order valence-electron chi connectivity index (χ2n) is 3.37. The van der Waals surface area contributed by atoms with Gasteiger partial charge in [0.15, 0.2) is 0 Å². The number of hydrogen-bond acceptors (Lipinski definition) is 3. The Bertz CT molecular complexity index is 368. The van der Waals surface area contributed by atoms with Gasteiger partial charge in [0.05, 0.1) is 9.40 Å². The molecular formula is C10H12BrNO2S. The summed E-state index contributed by atoms with van der Waals surface area (Å²) >= 11 is 5.04. The van der Waals surface area contributed by atoms with Gasteiger partial charge in [-0.3, -0.25) is 10.1 Å². The fourth-order valence-electron chi connectivity index (χ4n) is 1.08. The Balaban J connectivity index is 2.89. The molecule has 1 rings (SSSR count). The van der Waals surface area contributed by atoms with Crippen LogP contribution in [0.3, 0.4) is 0 Å². The standard InChI is InChI=1S/C10H12BrNO2S/c1-7(2)15-6-8-4-3-5-9(10(8)11)12(13)14/h3-5,7H,6H2,1-2H3. The molecule has 3 nitrogen and oxygen atoms in total. The van der Waals surface area contributed by atoms with Gasteiger partial charge in [-0.1, -0.05) is 26.0 Å². The summed E-state index contributed by atoms with van der Waals surface area (Å²) in [7, 11) is 0. The van der Waals surface area contributed by atoms with Crippen molar-refractivity contribution in [3.63, 3.8) is 0 Å². The lowest BCUT2D eigenvalue weighted by molar-refractivity contribution is -0.385. The van der Waals surface area contributed by atoms with Crippen LogP contribution in [0, 0.1) is 10.1 Å². The van der Waals surface area contributed by atoms with E-state index < -0.39 is 0 Å². The summed E-state index contributed by atoms with van der Waals surface area (Å²) in [4.78, 5) is 10.3. The Kier molecular flexibility index (Phi) is 4.60.